The average molecular weight is 1350 g/mol. The highest BCUT2D eigenvalue weighted by Crippen LogP contribution is 2.42. The zero-order valence-corrected chi connectivity index (χ0v) is 57.3. The van der Waals surface area contributed by atoms with Crippen LogP contribution < -0.4 is 26.2 Å². The van der Waals surface area contributed by atoms with Crippen LogP contribution >= 0.6 is 0 Å². The number of fused-ring (bicyclic) bond motifs is 3. The Hall–Kier alpha value is -8.43. The second-order valence-corrected chi connectivity index (χ2v) is 26.7. The smallest absolute Gasteiger partial charge is 0.391 e. The Morgan fingerprint density at radius 2 is 1.08 bits per heavy atom. The lowest BCUT2D eigenvalue weighted by molar-refractivity contribution is -0.136. The van der Waals surface area contributed by atoms with E-state index >= 15 is 0 Å². The lowest BCUT2D eigenvalue weighted by Crippen LogP contribution is -2.30. The highest BCUT2D eigenvalue weighted by Gasteiger charge is 2.32. The zero-order chi connectivity index (χ0) is 69.0. The minimum Gasteiger partial charge on any atom is -0.393 e. The topological polar surface area (TPSA) is 277 Å². The van der Waals surface area contributed by atoms with Crippen molar-refractivity contribution < 1.29 is 42.8 Å². The Kier molecular flexibility index (Phi) is 23.5. The first-order valence-corrected chi connectivity index (χ1v) is 34.7. The van der Waals surface area contributed by atoms with Crippen LogP contribution in [0.25, 0.3) is 49.9 Å². The molecule has 1 aliphatic heterocycles. The van der Waals surface area contributed by atoms with E-state index in [2.05, 4.69) is 109 Å². The Morgan fingerprint density at radius 3 is 1.57 bits per heavy atom. The third-order valence-electron chi connectivity index (χ3n) is 19.2. The molecule has 0 unspecified atom stereocenters. The van der Waals surface area contributed by atoms with Gasteiger partial charge in [0.15, 0.2) is 0 Å². The van der Waals surface area contributed by atoms with Gasteiger partial charge in [-0.1, -0.05) is 6.92 Å². The summed E-state index contributed by atoms with van der Waals surface area (Å²) in [5, 5.41) is 56.1. The fourth-order valence-electron chi connectivity index (χ4n) is 14.1. The molecule has 4 aliphatic rings. The molecule has 4 fully saturated rings. The highest BCUT2D eigenvalue weighted by atomic mass is 19.4. The maximum atomic E-state index is 12.8. The summed E-state index contributed by atoms with van der Waals surface area (Å²) in [6.07, 6.45) is 18.0. The average Bonchev–Trinajstić information content (AvgIpc) is 1.62. The summed E-state index contributed by atoms with van der Waals surface area (Å²) >= 11 is 0. The Balaban J connectivity index is 0.000000149. The number of carbonyl (C=O) groups is 1. The third-order valence-corrected chi connectivity index (χ3v) is 19.2. The summed E-state index contributed by atoms with van der Waals surface area (Å²) in [7, 11) is 4.92. The molecule has 26 heteroatoms. The molecule has 7 N–H and O–H groups in total. The lowest BCUT2D eigenvalue weighted by Gasteiger charge is -2.27. The van der Waals surface area contributed by atoms with Gasteiger partial charge in [-0.2, -0.15) is 13.2 Å². The number of nitrogens with one attached hydrogen (secondary N) is 4. The van der Waals surface area contributed by atoms with E-state index in [1.165, 1.54) is 44.6 Å². The van der Waals surface area contributed by atoms with Gasteiger partial charge in [-0.15, -0.1) is 15.3 Å². The van der Waals surface area contributed by atoms with Gasteiger partial charge in [0.05, 0.1) is 73.1 Å². The summed E-state index contributed by atoms with van der Waals surface area (Å²) in [5.41, 5.74) is 14.1. The quantitative estimate of drug-likeness (QED) is 0.0349. The van der Waals surface area contributed by atoms with E-state index in [9.17, 15) is 33.3 Å². The SMILES string of the molecule is CCc1cc(-c2cc(C3CCC(O)CC3)n3nc(N[C@@H](C)COC)ncc23)ccn1.CNC(=O)c1cc(-c2cc(C3CCC(O)CC3)n3nc(N[C@@H](C)CC(F)(F)F)ncc23)cc(C)n1.COCCNc1ncc2c(-c3ccnc(N4CCCCC4)c3)cc(C3CCC(O)CC3)n2n1. The molecule has 10 heterocycles. The van der Waals surface area contributed by atoms with Gasteiger partial charge < -0.3 is 51.0 Å². The van der Waals surface area contributed by atoms with Crippen LogP contribution in [-0.4, -0.2) is 171 Å². The van der Waals surface area contributed by atoms with Gasteiger partial charge >= 0.3 is 6.18 Å². The number of amides is 1. The van der Waals surface area contributed by atoms with Crippen molar-refractivity contribution in [2.24, 2.45) is 0 Å². The highest BCUT2D eigenvalue weighted by molar-refractivity contribution is 5.94. The molecule has 98 heavy (non-hydrogen) atoms. The van der Waals surface area contributed by atoms with Crippen molar-refractivity contribution in [3.8, 4) is 33.4 Å². The number of pyridine rings is 3. The molecule has 524 valence electrons. The van der Waals surface area contributed by atoms with E-state index in [0.717, 1.165) is 145 Å². The molecule has 23 nitrogen and oxygen atoms in total. The molecule has 3 aliphatic carbocycles. The van der Waals surface area contributed by atoms with Crippen molar-refractivity contribution >= 4 is 46.1 Å². The minimum absolute atomic E-state index is 0.102. The number of hydrogen-bond donors (Lipinski definition) is 7. The van der Waals surface area contributed by atoms with Crippen molar-refractivity contribution in [2.45, 2.75) is 191 Å². The lowest BCUT2D eigenvalue weighted by atomic mass is 9.85. The number of carbonyl (C=O) groups excluding carboxylic acids is 1. The van der Waals surface area contributed by atoms with Gasteiger partial charge in [-0.25, -0.2) is 38.5 Å². The fourth-order valence-corrected chi connectivity index (χ4v) is 14.1. The number of aliphatic hydroxyl groups is 3. The van der Waals surface area contributed by atoms with Gasteiger partial charge in [0.2, 0.25) is 17.8 Å². The minimum atomic E-state index is -4.30. The standard InChI is InChI=1S/C25H34N6O2.C24H29F3N6O2.C23H31N5O2/c1-33-14-11-27-25-28-17-23-21(16-22(31(23)29-25)18-5-7-20(32)8-6-18)19-9-10-26-24(15-19)30-12-3-2-4-13-30;1-13-8-16(9-19(30-13)22(35)28-3)18-10-20(15-4-6-17(34)7-5-15)33-21(18)12-29-23(32-33)31-14(2)11-24(25,26)27;1-4-18-11-17(9-10-24-18)20-12-21(16-5-7-19(29)8-6-16)28-22(20)13-25-23(27-28)26-15(2)14-30-3/h9-10,15-18,20,32H,2-8,11-14H2,1H3,(H,27,29);8-10,12,14-15,17,34H,4-7,11H2,1-3H3,(H,28,35)(H,31,32);9-13,15-16,19,29H,4-8,14H2,1-3H3,(H,26,27)/t;14-,15?,17?;15-,16?,19?/m.00/s1. The van der Waals surface area contributed by atoms with E-state index in [1.54, 1.807) is 37.9 Å². The van der Waals surface area contributed by atoms with E-state index in [0.29, 0.717) is 67.5 Å². The summed E-state index contributed by atoms with van der Waals surface area (Å²) in [5.74, 6) is 2.91. The number of nitrogens with zero attached hydrogens (tertiary/aromatic N) is 13. The van der Waals surface area contributed by atoms with E-state index in [4.69, 9.17) is 19.7 Å². The van der Waals surface area contributed by atoms with Gasteiger partial charge in [0.25, 0.3) is 5.91 Å². The molecule has 3 saturated carbocycles. The van der Waals surface area contributed by atoms with Gasteiger partial charge in [-0.05, 0) is 195 Å². The number of piperidine rings is 1. The number of anilines is 4. The monoisotopic (exact) mass is 1350 g/mol. The summed E-state index contributed by atoms with van der Waals surface area (Å²) < 4.78 is 54.6. The van der Waals surface area contributed by atoms with Crippen LogP contribution in [0.5, 0.6) is 0 Å². The van der Waals surface area contributed by atoms with Crippen LogP contribution in [0.4, 0.5) is 36.8 Å². The van der Waals surface area contributed by atoms with Crippen LogP contribution in [0.15, 0.2) is 85.6 Å². The molecular formula is C72H94F3N17O6. The van der Waals surface area contributed by atoms with Crippen molar-refractivity contribution in [1.82, 2.24) is 64.1 Å². The van der Waals surface area contributed by atoms with Crippen LogP contribution in [0.1, 0.15) is 180 Å². The molecule has 13 rings (SSSR count). The van der Waals surface area contributed by atoms with E-state index in [1.807, 2.05) is 48.4 Å². The number of aromatic nitrogens is 12. The van der Waals surface area contributed by atoms with Crippen molar-refractivity contribution in [1.29, 1.82) is 0 Å². The number of hydrogen-bond acceptors (Lipinski definition) is 19. The maximum absolute atomic E-state index is 12.8. The number of halogens is 3. The van der Waals surface area contributed by atoms with Gasteiger partial charge in [-0.3, -0.25) is 9.78 Å². The largest absolute Gasteiger partial charge is 0.393 e. The van der Waals surface area contributed by atoms with Crippen LogP contribution in [0.2, 0.25) is 0 Å². The number of ether oxygens (including phenoxy) is 2. The first kappa shape index (κ1) is 70.9. The molecule has 9 aromatic heterocycles. The second kappa shape index (κ2) is 32.5. The molecule has 0 spiro atoms. The Labute approximate surface area is 569 Å². The first-order valence-electron chi connectivity index (χ1n) is 34.7. The summed E-state index contributed by atoms with van der Waals surface area (Å²) in [6.45, 7) is 11.4. The van der Waals surface area contributed by atoms with Gasteiger partial charge in [0.1, 0.15) is 11.5 Å². The zero-order valence-electron chi connectivity index (χ0n) is 57.3. The maximum Gasteiger partial charge on any atom is 0.391 e. The number of rotatable bonds is 20. The normalized spacial score (nSPS) is 20.4. The Morgan fingerprint density at radius 1 is 0.602 bits per heavy atom. The number of aryl methyl sites for hydroxylation is 2. The molecule has 1 saturated heterocycles. The molecule has 0 radical (unpaired) electrons. The summed E-state index contributed by atoms with van der Waals surface area (Å²) in [6, 6.07) is 17.8. The molecular weight excluding hydrogens is 1260 g/mol. The molecule has 0 aromatic carbocycles. The van der Waals surface area contributed by atoms with E-state index < -0.39 is 18.6 Å². The molecule has 1 amide bonds. The van der Waals surface area contributed by atoms with Crippen molar-refractivity contribution in [3.05, 3.63) is 120 Å². The number of methoxy groups -OCH3 is 2. The second-order valence-electron chi connectivity index (χ2n) is 26.7. The summed E-state index contributed by atoms with van der Waals surface area (Å²) in [4.78, 5) is 41.5. The van der Waals surface area contributed by atoms with Crippen LogP contribution in [0.3, 0.4) is 0 Å². The Bertz CT molecular complexity index is 4110. The van der Waals surface area contributed by atoms with Crippen LogP contribution in [0, 0.1) is 6.92 Å². The predicted octanol–water partition coefficient (Wildman–Crippen LogP) is 11.9. The first-order chi connectivity index (χ1) is 47.3. The number of alkyl halides is 3. The third kappa shape index (κ3) is 17.5. The van der Waals surface area contributed by atoms with Crippen LogP contribution in [-0.2, 0) is 15.9 Å². The fraction of sp³-hybridized carbons (Fsp3) is 0.528. The molecule has 2 atom stereocenters. The predicted molar refractivity (Wildman–Crippen MR) is 373 cm³/mol. The van der Waals surface area contributed by atoms with Crippen molar-refractivity contribution in [3.63, 3.8) is 0 Å². The number of aliphatic hydroxyl groups excluding tert-OH is 3. The molecule has 9 aromatic rings. The van der Waals surface area contributed by atoms with E-state index in [-0.39, 0.29) is 47.8 Å². The van der Waals surface area contributed by atoms with Gasteiger partial charge in [0, 0.05) is 128 Å². The molecule has 0 bridgehead atoms. The van der Waals surface area contributed by atoms with Crippen molar-refractivity contribution in [2.75, 3.05) is 75.0 Å².